The predicted octanol–water partition coefficient (Wildman–Crippen LogP) is 3.51. The van der Waals surface area contributed by atoms with E-state index in [2.05, 4.69) is 53.5 Å². The average molecular weight is 284 g/mol. The van der Waals surface area contributed by atoms with Gasteiger partial charge in [-0.3, -0.25) is 4.90 Å². The first kappa shape index (κ1) is 14.4. The number of rotatable bonds is 4. The number of nitrogens with zero attached hydrogens (tertiary/aromatic N) is 1. The monoisotopic (exact) mass is 284 g/mol. The van der Waals surface area contributed by atoms with E-state index < -0.39 is 0 Å². The Morgan fingerprint density at radius 2 is 2.00 bits per heavy atom. The Labute approximate surface area is 127 Å². The molecule has 3 nitrogen and oxygen atoms in total. The number of benzene rings is 1. The molecule has 1 saturated heterocycles. The molecule has 1 aliphatic rings. The van der Waals surface area contributed by atoms with E-state index >= 15 is 0 Å². The van der Waals surface area contributed by atoms with Gasteiger partial charge in [-0.05, 0) is 31.0 Å². The highest BCUT2D eigenvalue weighted by atomic mass is 16.3. The van der Waals surface area contributed by atoms with E-state index in [1.54, 1.807) is 0 Å². The molecule has 1 N–H and O–H groups in total. The van der Waals surface area contributed by atoms with E-state index in [1.165, 1.54) is 5.56 Å². The molecule has 21 heavy (non-hydrogen) atoms. The van der Waals surface area contributed by atoms with Crippen LogP contribution in [0.15, 0.2) is 46.9 Å². The van der Waals surface area contributed by atoms with Gasteiger partial charge in [0.2, 0.25) is 0 Å². The summed E-state index contributed by atoms with van der Waals surface area (Å²) in [5.41, 5.74) is 1.37. The van der Waals surface area contributed by atoms with Crippen LogP contribution in [-0.4, -0.2) is 24.0 Å². The minimum atomic E-state index is 0.407. The SMILES string of the molecule is CCC1CNC(c2ccccc2)CN1Cc1ccc(C)o1. The summed E-state index contributed by atoms with van der Waals surface area (Å²) in [5, 5.41) is 3.69. The van der Waals surface area contributed by atoms with Crippen molar-refractivity contribution in [3.05, 3.63) is 59.5 Å². The topological polar surface area (TPSA) is 28.4 Å². The van der Waals surface area contributed by atoms with Gasteiger partial charge in [0.1, 0.15) is 11.5 Å². The van der Waals surface area contributed by atoms with Crippen LogP contribution in [0.1, 0.15) is 36.5 Å². The smallest absolute Gasteiger partial charge is 0.118 e. The molecule has 2 aromatic rings. The summed E-state index contributed by atoms with van der Waals surface area (Å²) in [4.78, 5) is 2.55. The van der Waals surface area contributed by atoms with Gasteiger partial charge in [0, 0.05) is 25.2 Å². The van der Waals surface area contributed by atoms with Crippen LogP contribution in [0.3, 0.4) is 0 Å². The van der Waals surface area contributed by atoms with E-state index in [0.29, 0.717) is 12.1 Å². The Bertz CT molecular complexity index is 564. The first-order chi connectivity index (χ1) is 10.3. The van der Waals surface area contributed by atoms with Crippen molar-refractivity contribution in [1.29, 1.82) is 0 Å². The van der Waals surface area contributed by atoms with Crippen LogP contribution in [0.2, 0.25) is 0 Å². The van der Waals surface area contributed by atoms with Gasteiger partial charge in [-0.2, -0.15) is 0 Å². The van der Waals surface area contributed by atoms with E-state index in [1.807, 2.05) is 13.0 Å². The molecule has 2 heterocycles. The third-order valence-electron chi connectivity index (χ3n) is 4.36. The maximum Gasteiger partial charge on any atom is 0.118 e. The summed E-state index contributed by atoms with van der Waals surface area (Å²) >= 11 is 0. The van der Waals surface area contributed by atoms with E-state index in [4.69, 9.17) is 4.42 Å². The van der Waals surface area contributed by atoms with Crippen LogP contribution < -0.4 is 5.32 Å². The Morgan fingerprint density at radius 3 is 2.67 bits per heavy atom. The minimum absolute atomic E-state index is 0.407. The molecular weight excluding hydrogens is 260 g/mol. The van der Waals surface area contributed by atoms with Crippen LogP contribution >= 0.6 is 0 Å². The molecular formula is C18H24N2O. The van der Waals surface area contributed by atoms with Crippen LogP contribution in [0.25, 0.3) is 0 Å². The van der Waals surface area contributed by atoms with Crippen molar-refractivity contribution in [2.75, 3.05) is 13.1 Å². The molecule has 2 atom stereocenters. The van der Waals surface area contributed by atoms with E-state index in [-0.39, 0.29) is 0 Å². The van der Waals surface area contributed by atoms with Crippen molar-refractivity contribution in [1.82, 2.24) is 10.2 Å². The van der Waals surface area contributed by atoms with Gasteiger partial charge in [0.05, 0.1) is 6.54 Å². The van der Waals surface area contributed by atoms with E-state index in [9.17, 15) is 0 Å². The quantitative estimate of drug-likeness (QED) is 0.931. The molecule has 2 unspecified atom stereocenters. The number of furan rings is 1. The van der Waals surface area contributed by atoms with E-state index in [0.717, 1.165) is 37.6 Å². The predicted molar refractivity (Wildman–Crippen MR) is 85.1 cm³/mol. The minimum Gasteiger partial charge on any atom is -0.465 e. The molecule has 1 fully saturated rings. The van der Waals surface area contributed by atoms with Crippen molar-refractivity contribution in [3.8, 4) is 0 Å². The summed E-state index contributed by atoms with van der Waals surface area (Å²) in [6, 6.07) is 15.9. The Balaban J connectivity index is 1.72. The summed E-state index contributed by atoms with van der Waals surface area (Å²) in [5.74, 6) is 2.06. The summed E-state index contributed by atoms with van der Waals surface area (Å²) in [6.45, 7) is 7.23. The number of nitrogens with one attached hydrogen (secondary N) is 1. The normalized spacial score (nSPS) is 23.3. The fourth-order valence-electron chi connectivity index (χ4n) is 3.13. The third-order valence-corrected chi connectivity index (χ3v) is 4.36. The van der Waals surface area contributed by atoms with Crippen LogP contribution in [0.4, 0.5) is 0 Å². The molecule has 1 aromatic heterocycles. The van der Waals surface area contributed by atoms with Gasteiger partial charge in [0.25, 0.3) is 0 Å². The number of hydrogen-bond donors (Lipinski definition) is 1. The highest BCUT2D eigenvalue weighted by Crippen LogP contribution is 2.23. The molecule has 3 rings (SSSR count). The van der Waals surface area contributed by atoms with Gasteiger partial charge in [-0.1, -0.05) is 37.3 Å². The molecule has 1 aromatic carbocycles. The third kappa shape index (κ3) is 3.36. The zero-order chi connectivity index (χ0) is 14.7. The highest BCUT2D eigenvalue weighted by Gasteiger charge is 2.28. The molecule has 0 aliphatic carbocycles. The second kappa shape index (κ2) is 6.46. The fourth-order valence-corrected chi connectivity index (χ4v) is 3.13. The summed E-state index contributed by atoms with van der Waals surface area (Å²) in [6.07, 6.45) is 1.16. The molecule has 3 heteroatoms. The van der Waals surface area contributed by atoms with Crippen molar-refractivity contribution < 1.29 is 4.42 Å². The maximum atomic E-state index is 5.76. The van der Waals surface area contributed by atoms with Crippen molar-refractivity contribution in [2.24, 2.45) is 0 Å². The van der Waals surface area contributed by atoms with Gasteiger partial charge < -0.3 is 9.73 Å². The lowest BCUT2D eigenvalue weighted by Crippen LogP contribution is -2.51. The summed E-state index contributed by atoms with van der Waals surface area (Å²) < 4.78 is 5.76. The standard InChI is InChI=1S/C18H24N2O/c1-3-16-11-19-18(15-7-5-4-6-8-15)13-20(16)12-17-10-9-14(2)21-17/h4-10,16,18-19H,3,11-13H2,1-2H3. The summed E-state index contributed by atoms with van der Waals surface area (Å²) in [7, 11) is 0. The van der Waals surface area contributed by atoms with Crippen LogP contribution in [-0.2, 0) is 6.54 Å². The number of piperazine rings is 1. The van der Waals surface area contributed by atoms with Crippen molar-refractivity contribution in [3.63, 3.8) is 0 Å². The zero-order valence-corrected chi connectivity index (χ0v) is 12.9. The van der Waals surface area contributed by atoms with Crippen molar-refractivity contribution >= 4 is 0 Å². The molecule has 0 radical (unpaired) electrons. The fraction of sp³-hybridized carbons (Fsp3) is 0.444. The Hall–Kier alpha value is -1.58. The Morgan fingerprint density at radius 1 is 1.19 bits per heavy atom. The largest absolute Gasteiger partial charge is 0.465 e. The molecule has 0 amide bonds. The second-order valence-corrected chi connectivity index (χ2v) is 5.88. The van der Waals surface area contributed by atoms with Crippen LogP contribution in [0.5, 0.6) is 0 Å². The van der Waals surface area contributed by atoms with Gasteiger partial charge >= 0.3 is 0 Å². The molecule has 112 valence electrons. The number of aryl methyl sites for hydroxylation is 1. The maximum absolute atomic E-state index is 5.76. The second-order valence-electron chi connectivity index (χ2n) is 5.88. The van der Waals surface area contributed by atoms with Gasteiger partial charge in [-0.25, -0.2) is 0 Å². The molecule has 0 spiro atoms. The highest BCUT2D eigenvalue weighted by molar-refractivity contribution is 5.20. The molecule has 0 bridgehead atoms. The first-order valence-corrected chi connectivity index (χ1v) is 7.84. The molecule has 0 saturated carbocycles. The van der Waals surface area contributed by atoms with Gasteiger partial charge in [-0.15, -0.1) is 0 Å². The lowest BCUT2D eigenvalue weighted by molar-refractivity contribution is 0.110. The Kier molecular flexibility index (Phi) is 4.42. The van der Waals surface area contributed by atoms with Crippen molar-refractivity contribution in [2.45, 2.75) is 38.9 Å². The molecule has 1 aliphatic heterocycles. The average Bonchev–Trinajstić information content (AvgIpc) is 2.93. The van der Waals surface area contributed by atoms with Crippen LogP contribution in [0, 0.1) is 6.92 Å². The number of hydrogen-bond acceptors (Lipinski definition) is 3. The lowest BCUT2D eigenvalue weighted by Gasteiger charge is -2.40. The van der Waals surface area contributed by atoms with Gasteiger partial charge in [0.15, 0.2) is 0 Å². The lowest BCUT2D eigenvalue weighted by atomic mass is 10.0. The first-order valence-electron chi connectivity index (χ1n) is 7.84. The zero-order valence-electron chi connectivity index (χ0n) is 12.9.